The van der Waals surface area contributed by atoms with Crippen molar-refractivity contribution in [3.05, 3.63) is 0 Å². The Bertz CT molecular complexity index is 244. The van der Waals surface area contributed by atoms with E-state index in [0.29, 0.717) is 19.0 Å². The summed E-state index contributed by atoms with van der Waals surface area (Å²) in [4.78, 5) is 11.5. The minimum absolute atomic E-state index is 0.343. The van der Waals surface area contributed by atoms with Crippen molar-refractivity contribution in [3.8, 4) is 0 Å². The number of amides is 1. The van der Waals surface area contributed by atoms with Crippen molar-refractivity contribution in [2.24, 2.45) is 17.6 Å². The van der Waals surface area contributed by atoms with Crippen molar-refractivity contribution in [1.82, 2.24) is 5.32 Å². The molecule has 1 amide bonds. The molecular formula is C13H26N2O2. The molecule has 0 aromatic rings. The first kappa shape index (κ1) is 14.3. The van der Waals surface area contributed by atoms with E-state index in [4.69, 9.17) is 10.5 Å². The number of carbonyl (C=O) groups is 1. The molecule has 1 fully saturated rings. The molecule has 0 spiro atoms. The number of alkyl carbamates (subject to hydrolysis) is 1. The highest BCUT2D eigenvalue weighted by molar-refractivity contribution is 5.67. The summed E-state index contributed by atoms with van der Waals surface area (Å²) in [6.45, 7) is 6.85. The maximum Gasteiger partial charge on any atom is 0.407 e. The van der Waals surface area contributed by atoms with Gasteiger partial charge in [0.25, 0.3) is 0 Å². The second kappa shape index (κ2) is 6.24. The van der Waals surface area contributed by atoms with Crippen LogP contribution in [0.2, 0.25) is 0 Å². The van der Waals surface area contributed by atoms with Gasteiger partial charge < -0.3 is 15.8 Å². The number of hydrogen-bond donors (Lipinski definition) is 2. The lowest BCUT2D eigenvalue weighted by Crippen LogP contribution is -2.38. The van der Waals surface area contributed by atoms with Crippen molar-refractivity contribution in [2.45, 2.75) is 52.1 Å². The molecule has 0 aromatic carbocycles. The van der Waals surface area contributed by atoms with E-state index in [1.165, 1.54) is 19.3 Å². The van der Waals surface area contributed by atoms with E-state index < -0.39 is 5.60 Å². The highest BCUT2D eigenvalue weighted by Crippen LogP contribution is 2.31. The van der Waals surface area contributed by atoms with Crippen LogP contribution in [-0.2, 0) is 4.74 Å². The first-order valence-corrected chi connectivity index (χ1v) is 6.57. The Labute approximate surface area is 104 Å². The predicted molar refractivity (Wildman–Crippen MR) is 68.7 cm³/mol. The zero-order valence-corrected chi connectivity index (χ0v) is 11.3. The van der Waals surface area contributed by atoms with E-state index in [2.05, 4.69) is 5.32 Å². The summed E-state index contributed by atoms with van der Waals surface area (Å²) in [6, 6.07) is 0. The summed E-state index contributed by atoms with van der Waals surface area (Å²) in [5, 5.41) is 2.80. The molecule has 0 aliphatic heterocycles. The molecule has 100 valence electrons. The third-order valence-electron chi connectivity index (χ3n) is 3.16. The van der Waals surface area contributed by atoms with E-state index in [0.717, 1.165) is 12.3 Å². The maximum atomic E-state index is 11.5. The lowest BCUT2D eigenvalue weighted by Gasteiger charge is -2.29. The Hall–Kier alpha value is -0.770. The Morgan fingerprint density at radius 1 is 1.47 bits per heavy atom. The number of nitrogens with one attached hydrogen (secondary N) is 1. The van der Waals surface area contributed by atoms with E-state index in [1.807, 2.05) is 20.8 Å². The second-order valence-electron chi connectivity index (χ2n) is 6.02. The summed E-state index contributed by atoms with van der Waals surface area (Å²) in [6.07, 6.45) is 4.78. The van der Waals surface area contributed by atoms with Crippen LogP contribution in [0, 0.1) is 11.8 Å². The van der Waals surface area contributed by atoms with Crippen molar-refractivity contribution < 1.29 is 9.53 Å². The standard InChI is InChI=1S/C13H26N2O2/c1-13(2,3)17-12(16)15-9-11(8-14)7-10-5-4-6-10/h10-11H,4-9,14H2,1-3H3,(H,15,16). The van der Waals surface area contributed by atoms with Gasteiger partial charge in [0, 0.05) is 6.54 Å². The highest BCUT2D eigenvalue weighted by atomic mass is 16.6. The van der Waals surface area contributed by atoms with Crippen LogP contribution in [0.3, 0.4) is 0 Å². The van der Waals surface area contributed by atoms with Gasteiger partial charge in [-0.15, -0.1) is 0 Å². The summed E-state index contributed by atoms with van der Waals surface area (Å²) in [5.41, 5.74) is 5.29. The van der Waals surface area contributed by atoms with Crippen molar-refractivity contribution in [2.75, 3.05) is 13.1 Å². The van der Waals surface area contributed by atoms with E-state index in [9.17, 15) is 4.79 Å². The normalized spacial score (nSPS) is 18.4. The van der Waals surface area contributed by atoms with Crippen molar-refractivity contribution in [3.63, 3.8) is 0 Å². The smallest absolute Gasteiger partial charge is 0.407 e. The second-order valence-corrected chi connectivity index (χ2v) is 6.02. The fourth-order valence-corrected chi connectivity index (χ4v) is 2.00. The molecule has 1 aliphatic carbocycles. The summed E-state index contributed by atoms with van der Waals surface area (Å²) in [5.74, 6) is 1.21. The topological polar surface area (TPSA) is 64.3 Å². The molecule has 1 atom stereocenters. The number of nitrogens with two attached hydrogens (primary N) is 1. The average molecular weight is 242 g/mol. The van der Waals surface area contributed by atoms with Crippen LogP contribution in [0.1, 0.15) is 46.5 Å². The molecule has 4 heteroatoms. The monoisotopic (exact) mass is 242 g/mol. The van der Waals surface area contributed by atoms with Crippen LogP contribution < -0.4 is 11.1 Å². The molecule has 0 radical (unpaired) electrons. The van der Waals surface area contributed by atoms with Gasteiger partial charge in [-0.3, -0.25) is 0 Å². The minimum Gasteiger partial charge on any atom is -0.444 e. The zero-order chi connectivity index (χ0) is 12.9. The molecule has 0 aromatic heterocycles. The largest absolute Gasteiger partial charge is 0.444 e. The zero-order valence-electron chi connectivity index (χ0n) is 11.3. The third-order valence-corrected chi connectivity index (χ3v) is 3.16. The van der Waals surface area contributed by atoms with Crippen LogP contribution in [0.25, 0.3) is 0 Å². The number of carbonyl (C=O) groups excluding carboxylic acids is 1. The SMILES string of the molecule is CC(C)(C)OC(=O)NCC(CN)CC1CCC1. The first-order chi connectivity index (χ1) is 7.90. The van der Waals surface area contributed by atoms with Crippen LogP contribution in [0.4, 0.5) is 4.79 Å². The van der Waals surface area contributed by atoms with Gasteiger partial charge in [0.15, 0.2) is 0 Å². The van der Waals surface area contributed by atoms with E-state index in [1.54, 1.807) is 0 Å². The molecule has 0 bridgehead atoms. The molecule has 0 saturated heterocycles. The first-order valence-electron chi connectivity index (χ1n) is 6.57. The molecule has 1 rings (SSSR count). The molecule has 0 heterocycles. The third kappa shape index (κ3) is 5.91. The summed E-state index contributed by atoms with van der Waals surface area (Å²) in [7, 11) is 0. The van der Waals surface area contributed by atoms with Crippen LogP contribution in [0.5, 0.6) is 0 Å². The van der Waals surface area contributed by atoms with Gasteiger partial charge in [-0.1, -0.05) is 19.3 Å². The fraction of sp³-hybridized carbons (Fsp3) is 0.923. The van der Waals surface area contributed by atoms with Crippen LogP contribution >= 0.6 is 0 Å². The Kier molecular flexibility index (Phi) is 5.25. The van der Waals surface area contributed by atoms with Gasteiger partial charge in [-0.25, -0.2) is 4.79 Å². The maximum absolute atomic E-state index is 11.5. The molecule has 3 N–H and O–H groups in total. The Morgan fingerprint density at radius 2 is 2.12 bits per heavy atom. The predicted octanol–water partition coefficient (Wildman–Crippen LogP) is 2.28. The van der Waals surface area contributed by atoms with Gasteiger partial charge in [0.05, 0.1) is 0 Å². The molecule has 1 aliphatic rings. The van der Waals surface area contributed by atoms with E-state index >= 15 is 0 Å². The van der Waals surface area contributed by atoms with Gasteiger partial charge in [-0.05, 0) is 45.6 Å². The molecule has 4 nitrogen and oxygen atoms in total. The highest BCUT2D eigenvalue weighted by Gasteiger charge is 2.22. The van der Waals surface area contributed by atoms with Crippen molar-refractivity contribution >= 4 is 6.09 Å². The minimum atomic E-state index is -0.434. The van der Waals surface area contributed by atoms with Gasteiger partial charge >= 0.3 is 6.09 Å². The Morgan fingerprint density at radius 3 is 2.53 bits per heavy atom. The van der Waals surface area contributed by atoms with Gasteiger partial charge in [0.2, 0.25) is 0 Å². The van der Waals surface area contributed by atoms with Crippen LogP contribution in [0.15, 0.2) is 0 Å². The fourth-order valence-electron chi connectivity index (χ4n) is 2.00. The van der Waals surface area contributed by atoms with Crippen LogP contribution in [-0.4, -0.2) is 24.8 Å². The number of hydrogen-bond acceptors (Lipinski definition) is 3. The van der Waals surface area contributed by atoms with Crippen molar-refractivity contribution in [1.29, 1.82) is 0 Å². The van der Waals surface area contributed by atoms with E-state index in [-0.39, 0.29) is 6.09 Å². The lowest BCUT2D eigenvalue weighted by molar-refractivity contribution is 0.0516. The molecule has 1 unspecified atom stereocenters. The average Bonchev–Trinajstić information content (AvgIpc) is 2.12. The molecular weight excluding hydrogens is 216 g/mol. The number of rotatable bonds is 5. The summed E-state index contributed by atoms with van der Waals surface area (Å²) >= 11 is 0. The summed E-state index contributed by atoms with van der Waals surface area (Å²) < 4.78 is 5.19. The van der Waals surface area contributed by atoms with Gasteiger partial charge in [0.1, 0.15) is 5.60 Å². The molecule has 17 heavy (non-hydrogen) atoms. The molecule has 1 saturated carbocycles. The number of ether oxygens (including phenoxy) is 1. The Balaban J connectivity index is 2.19. The lowest BCUT2D eigenvalue weighted by atomic mass is 9.79. The quantitative estimate of drug-likeness (QED) is 0.777. The van der Waals surface area contributed by atoms with Gasteiger partial charge in [-0.2, -0.15) is 0 Å².